The van der Waals surface area contributed by atoms with Gasteiger partial charge in [-0.2, -0.15) is 0 Å². The molecule has 1 aliphatic heterocycles. The van der Waals surface area contributed by atoms with Gasteiger partial charge in [-0.3, -0.25) is 4.99 Å². The minimum absolute atomic E-state index is 0.856. The summed E-state index contributed by atoms with van der Waals surface area (Å²) < 4.78 is 5.06. The van der Waals surface area contributed by atoms with E-state index < -0.39 is 0 Å². The number of fused-ring (bicyclic) bond motifs is 11. The van der Waals surface area contributed by atoms with Crippen LogP contribution in [0.15, 0.2) is 193 Å². The van der Waals surface area contributed by atoms with Crippen LogP contribution in [0.5, 0.6) is 0 Å². The number of nitrogens with zero attached hydrogens (tertiary/aromatic N) is 3. The van der Waals surface area contributed by atoms with Crippen LogP contribution in [0.25, 0.3) is 87.9 Å². The van der Waals surface area contributed by atoms with Crippen LogP contribution in [-0.4, -0.2) is 14.7 Å². The van der Waals surface area contributed by atoms with E-state index in [-0.39, 0.29) is 0 Å². The van der Waals surface area contributed by atoms with Crippen LogP contribution in [-0.2, 0) is 0 Å². The summed E-state index contributed by atoms with van der Waals surface area (Å²) in [6, 6.07) is 66.4. The number of rotatable bonds is 4. The van der Waals surface area contributed by atoms with Crippen molar-refractivity contribution >= 4 is 77.0 Å². The van der Waals surface area contributed by atoms with Crippen LogP contribution in [0.4, 0.5) is 5.69 Å². The van der Waals surface area contributed by atoms with Crippen molar-refractivity contribution in [3.63, 3.8) is 0 Å². The number of para-hydroxylation sites is 3. The Labute approximate surface area is 324 Å². The summed E-state index contributed by atoms with van der Waals surface area (Å²) in [6.45, 7) is 0. The lowest BCUT2D eigenvalue weighted by molar-refractivity contribution is 1.06. The lowest BCUT2D eigenvalue weighted by Gasteiger charge is -2.19. The Morgan fingerprint density at radius 3 is 1.86 bits per heavy atom. The van der Waals surface area contributed by atoms with Crippen molar-refractivity contribution in [1.29, 1.82) is 0 Å². The van der Waals surface area contributed by atoms with Crippen LogP contribution in [0, 0.1) is 0 Å². The maximum Gasteiger partial charge on any atom is 0.0726 e. The summed E-state index contributed by atoms with van der Waals surface area (Å²) in [5, 5.41) is 7.65. The van der Waals surface area contributed by atoms with E-state index in [1.54, 1.807) is 0 Å². The lowest BCUT2D eigenvalue weighted by atomic mass is 9.97. The molecular formula is C53H35N3. The summed E-state index contributed by atoms with van der Waals surface area (Å²) in [6.07, 6.45) is 4.19. The van der Waals surface area contributed by atoms with Crippen molar-refractivity contribution in [2.75, 3.05) is 0 Å². The van der Waals surface area contributed by atoms with Gasteiger partial charge in [0, 0.05) is 43.6 Å². The molecule has 1 aliphatic rings. The first-order valence-electron chi connectivity index (χ1n) is 19.5. The molecule has 0 saturated carbocycles. The molecule has 0 radical (unpaired) electrons. The number of hydrogen-bond acceptors (Lipinski definition) is 1. The predicted molar refractivity (Wildman–Crippen MR) is 237 cm³/mol. The first-order valence-corrected chi connectivity index (χ1v) is 19.5. The molecule has 3 heteroatoms. The Hall–Kier alpha value is -7.23. The highest BCUT2D eigenvalue weighted by atomic mass is 15.0. The third-order valence-corrected chi connectivity index (χ3v) is 11.9. The zero-order chi connectivity index (χ0) is 36.7. The molecule has 0 unspecified atom stereocenters. The molecule has 56 heavy (non-hydrogen) atoms. The van der Waals surface area contributed by atoms with E-state index >= 15 is 0 Å². The van der Waals surface area contributed by atoms with Crippen molar-refractivity contribution in [1.82, 2.24) is 8.97 Å². The van der Waals surface area contributed by atoms with E-state index in [1.807, 2.05) is 0 Å². The van der Waals surface area contributed by atoms with E-state index in [1.165, 1.54) is 93.4 Å². The molecule has 0 fully saturated rings. The summed E-state index contributed by atoms with van der Waals surface area (Å²) in [5.41, 5.74) is 16.7. The summed E-state index contributed by atoms with van der Waals surface area (Å²) in [5.74, 6) is 0. The quantitative estimate of drug-likeness (QED) is 0.173. The predicted octanol–water partition coefficient (Wildman–Crippen LogP) is 14.1. The minimum atomic E-state index is 0.856. The normalized spacial score (nSPS) is 15.3. The zero-order valence-electron chi connectivity index (χ0n) is 30.7. The second-order valence-electron chi connectivity index (χ2n) is 15.0. The topological polar surface area (TPSA) is 21.7 Å². The Kier molecular flexibility index (Phi) is 6.75. The molecular weight excluding hydrogens is 679 g/mol. The molecule has 0 amide bonds. The number of allylic oxidation sites excluding steroid dienone is 1. The van der Waals surface area contributed by atoms with Crippen LogP contribution in [0.2, 0.25) is 0 Å². The molecule has 11 aromatic rings. The van der Waals surface area contributed by atoms with Crippen LogP contribution in [0.3, 0.4) is 0 Å². The molecule has 0 saturated heterocycles. The third kappa shape index (κ3) is 4.55. The van der Waals surface area contributed by atoms with Gasteiger partial charge < -0.3 is 8.97 Å². The van der Waals surface area contributed by atoms with Crippen molar-refractivity contribution < 1.29 is 0 Å². The second-order valence-corrected chi connectivity index (χ2v) is 15.0. The molecule has 4 heterocycles. The lowest BCUT2D eigenvalue weighted by Crippen LogP contribution is -2.06. The summed E-state index contributed by atoms with van der Waals surface area (Å²) in [7, 11) is 0. The molecule has 0 aliphatic carbocycles. The Balaban J connectivity index is 1.20. The number of aliphatic imine (C=N–C) groups is 1. The highest BCUT2D eigenvalue weighted by Crippen LogP contribution is 2.48. The fourth-order valence-corrected chi connectivity index (χ4v) is 9.44. The van der Waals surface area contributed by atoms with Gasteiger partial charge in [0.1, 0.15) is 0 Å². The zero-order valence-corrected chi connectivity index (χ0v) is 30.7. The maximum atomic E-state index is 5.40. The number of benzene rings is 8. The molecule has 0 N–H and O–H groups in total. The van der Waals surface area contributed by atoms with Gasteiger partial charge >= 0.3 is 0 Å². The smallest absolute Gasteiger partial charge is 0.0726 e. The SMILES string of the molecule is C1=C(/n2c3ccc(-c4cccc(-c5ccccc5)c4)cc3c3cc4c5ccccc5n5c6ccccc6c(c32)c45)c2ccccc2/N=C(/c2ccccc2)CC/1. The molecule has 3 aromatic heterocycles. The van der Waals surface area contributed by atoms with Gasteiger partial charge in [0.2, 0.25) is 0 Å². The van der Waals surface area contributed by atoms with E-state index in [2.05, 4.69) is 197 Å². The Morgan fingerprint density at radius 2 is 1.04 bits per heavy atom. The van der Waals surface area contributed by atoms with E-state index in [0.717, 1.165) is 29.8 Å². The van der Waals surface area contributed by atoms with Crippen molar-refractivity contribution in [2.24, 2.45) is 4.99 Å². The highest BCUT2D eigenvalue weighted by Gasteiger charge is 2.26. The van der Waals surface area contributed by atoms with Crippen LogP contribution < -0.4 is 0 Å². The summed E-state index contributed by atoms with van der Waals surface area (Å²) >= 11 is 0. The monoisotopic (exact) mass is 713 g/mol. The standard InChI is InChI=1S/C53H35N3/c1-3-15-34(16-4-1)36-19-13-20-37(31-36)38-29-30-50-42(32-38)44-33-43-39-21-8-11-26-47(39)55-49-27-12-9-23-41(49)51(52(43)55)53(44)56(50)48-28-14-25-45(35-17-5-2-6-18-35)54-46-24-10-7-22-40(46)48/h1-13,15-24,26-33H,14,25H2/b48-28+,54-45+. The molecule has 8 aromatic carbocycles. The minimum Gasteiger partial charge on any atom is -0.308 e. The van der Waals surface area contributed by atoms with Crippen molar-refractivity contribution in [2.45, 2.75) is 12.8 Å². The number of hydrogen-bond donors (Lipinski definition) is 0. The molecule has 0 spiro atoms. The summed E-state index contributed by atoms with van der Waals surface area (Å²) in [4.78, 5) is 5.40. The second kappa shape index (κ2) is 12.1. The average molecular weight is 714 g/mol. The number of aromatic nitrogens is 2. The molecule has 12 rings (SSSR count). The molecule has 262 valence electrons. The maximum absolute atomic E-state index is 5.40. The first kappa shape index (κ1) is 31.2. The Bertz CT molecular complexity index is 3400. The fourth-order valence-electron chi connectivity index (χ4n) is 9.44. The molecule has 3 nitrogen and oxygen atoms in total. The van der Waals surface area contributed by atoms with E-state index in [9.17, 15) is 0 Å². The van der Waals surface area contributed by atoms with Gasteiger partial charge in [0.05, 0.1) is 39.0 Å². The average Bonchev–Trinajstić information content (AvgIpc) is 3.89. The van der Waals surface area contributed by atoms with Gasteiger partial charge in [-0.25, -0.2) is 0 Å². The fraction of sp³-hybridized carbons (Fsp3) is 0.0377. The van der Waals surface area contributed by atoms with Gasteiger partial charge in [-0.05, 0) is 83.1 Å². The Morgan fingerprint density at radius 1 is 0.411 bits per heavy atom. The van der Waals surface area contributed by atoms with Gasteiger partial charge in [-0.1, -0.05) is 146 Å². The van der Waals surface area contributed by atoms with Gasteiger partial charge in [0.15, 0.2) is 0 Å². The van der Waals surface area contributed by atoms with Crippen LogP contribution >= 0.6 is 0 Å². The van der Waals surface area contributed by atoms with E-state index in [4.69, 9.17) is 4.99 Å². The van der Waals surface area contributed by atoms with Crippen molar-refractivity contribution in [3.8, 4) is 22.3 Å². The van der Waals surface area contributed by atoms with E-state index in [0.29, 0.717) is 0 Å². The molecule has 0 bridgehead atoms. The van der Waals surface area contributed by atoms with Gasteiger partial charge in [0.25, 0.3) is 0 Å². The third-order valence-electron chi connectivity index (χ3n) is 11.9. The largest absolute Gasteiger partial charge is 0.308 e. The van der Waals surface area contributed by atoms with Crippen LogP contribution in [0.1, 0.15) is 24.0 Å². The van der Waals surface area contributed by atoms with Gasteiger partial charge in [-0.15, -0.1) is 0 Å². The highest BCUT2D eigenvalue weighted by molar-refractivity contribution is 6.34. The van der Waals surface area contributed by atoms with Crippen molar-refractivity contribution in [3.05, 3.63) is 199 Å². The molecule has 0 atom stereocenters. The first-order chi connectivity index (χ1) is 27.8.